The second kappa shape index (κ2) is 7.12. The third-order valence-corrected chi connectivity index (χ3v) is 3.64. The van der Waals surface area contributed by atoms with Crippen LogP contribution in [0.15, 0.2) is 0 Å². The molecular formula is C11H21NO2S. The second-order valence-electron chi connectivity index (χ2n) is 4.14. The Labute approximate surface area is 96.0 Å². The van der Waals surface area contributed by atoms with Gasteiger partial charge >= 0.3 is 0 Å². The number of carbonyl (C=O) groups is 1. The Morgan fingerprint density at radius 1 is 1.47 bits per heavy atom. The van der Waals surface area contributed by atoms with Crippen LogP contribution in [0.3, 0.4) is 0 Å². The number of amides is 1. The molecule has 1 rings (SSSR count). The van der Waals surface area contributed by atoms with Crippen molar-refractivity contribution in [1.82, 2.24) is 5.32 Å². The molecule has 0 spiro atoms. The van der Waals surface area contributed by atoms with Gasteiger partial charge in [0.05, 0.1) is 0 Å². The lowest BCUT2D eigenvalue weighted by Crippen LogP contribution is -2.43. The molecule has 0 radical (unpaired) electrons. The SMILES string of the molecule is CSCCC(=O)NC1CCCCC1CO. The standard InChI is InChI=1S/C11H21NO2S/c1-15-7-6-11(14)12-10-5-3-2-4-9(10)8-13/h9-10,13H,2-8H2,1H3,(H,12,14). The van der Waals surface area contributed by atoms with Gasteiger partial charge in [-0.25, -0.2) is 0 Å². The maximum absolute atomic E-state index is 11.5. The van der Waals surface area contributed by atoms with Gasteiger partial charge in [-0.3, -0.25) is 4.79 Å². The van der Waals surface area contributed by atoms with E-state index in [4.69, 9.17) is 0 Å². The number of hydrogen-bond donors (Lipinski definition) is 2. The molecular weight excluding hydrogens is 210 g/mol. The van der Waals surface area contributed by atoms with Crippen LogP contribution >= 0.6 is 11.8 Å². The Bertz CT molecular complexity index is 199. The zero-order chi connectivity index (χ0) is 11.1. The van der Waals surface area contributed by atoms with Crippen LogP contribution in [0, 0.1) is 5.92 Å². The summed E-state index contributed by atoms with van der Waals surface area (Å²) in [5.41, 5.74) is 0. The zero-order valence-corrected chi connectivity index (χ0v) is 10.2. The number of nitrogens with one attached hydrogen (secondary N) is 1. The number of carbonyl (C=O) groups excluding carboxylic acids is 1. The van der Waals surface area contributed by atoms with Crippen molar-refractivity contribution >= 4 is 17.7 Å². The predicted molar refractivity (Wildman–Crippen MR) is 64.0 cm³/mol. The van der Waals surface area contributed by atoms with Crippen molar-refractivity contribution in [2.75, 3.05) is 18.6 Å². The Balaban J connectivity index is 2.30. The van der Waals surface area contributed by atoms with Gasteiger partial charge in [0, 0.05) is 30.7 Å². The first-order valence-electron chi connectivity index (χ1n) is 5.67. The molecule has 0 aromatic heterocycles. The predicted octanol–water partition coefficient (Wildman–Crippen LogP) is 1.41. The van der Waals surface area contributed by atoms with Crippen molar-refractivity contribution in [3.63, 3.8) is 0 Å². The van der Waals surface area contributed by atoms with Crippen LogP contribution in [0.2, 0.25) is 0 Å². The number of rotatable bonds is 5. The second-order valence-corrected chi connectivity index (χ2v) is 5.13. The van der Waals surface area contributed by atoms with E-state index in [1.807, 2.05) is 6.26 Å². The van der Waals surface area contributed by atoms with Gasteiger partial charge in [0.2, 0.25) is 5.91 Å². The molecule has 2 unspecified atom stereocenters. The summed E-state index contributed by atoms with van der Waals surface area (Å²) in [6.07, 6.45) is 7.02. The van der Waals surface area contributed by atoms with Gasteiger partial charge in [0.25, 0.3) is 0 Å². The topological polar surface area (TPSA) is 49.3 Å². The monoisotopic (exact) mass is 231 g/mol. The minimum Gasteiger partial charge on any atom is -0.396 e. The van der Waals surface area contributed by atoms with E-state index in [0.29, 0.717) is 6.42 Å². The number of thioether (sulfide) groups is 1. The molecule has 1 fully saturated rings. The van der Waals surface area contributed by atoms with E-state index in [9.17, 15) is 9.90 Å². The van der Waals surface area contributed by atoms with E-state index in [-0.39, 0.29) is 24.5 Å². The van der Waals surface area contributed by atoms with E-state index in [1.54, 1.807) is 11.8 Å². The number of aliphatic hydroxyl groups is 1. The average Bonchev–Trinajstić information content (AvgIpc) is 2.27. The summed E-state index contributed by atoms with van der Waals surface area (Å²) in [6, 6.07) is 0.207. The fourth-order valence-corrected chi connectivity index (χ4v) is 2.48. The van der Waals surface area contributed by atoms with Crippen molar-refractivity contribution < 1.29 is 9.90 Å². The van der Waals surface area contributed by atoms with Crippen LogP contribution in [0.5, 0.6) is 0 Å². The van der Waals surface area contributed by atoms with Crippen LogP contribution in [0.1, 0.15) is 32.1 Å². The molecule has 0 aromatic rings. The van der Waals surface area contributed by atoms with Gasteiger partial charge in [-0.15, -0.1) is 0 Å². The average molecular weight is 231 g/mol. The number of hydrogen-bond acceptors (Lipinski definition) is 3. The van der Waals surface area contributed by atoms with Gasteiger partial charge in [0.1, 0.15) is 0 Å². The fourth-order valence-electron chi connectivity index (χ4n) is 2.09. The molecule has 0 heterocycles. The third kappa shape index (κ3) is 4.43. The van der Waals surface area contributed by atoms with E-state index in [2.05, 4.69) is 5.32 Å². The maximum Gasteiger partial charge on any atom is 0.221 e. The maximum atomic E-state index is 11.5. The quantitative estimate of drug-likeness (QED) is 0.752. The highest BCUT2D eigenvalue weighted by Crippen LogP contribution is 2.23. The van der Waals surface area contributed by atoms with Crippen LogP contribution < -0.4 is 5.32 Å². The van der Waals surface area contributed by atoms with Gasteiger partial charge in [0.15, 0.2) is 0 Å². The first-order valence-corrected chi connectivity index (χ1v) is 7.06. The Morgan fingerprint density at radius 3 is 2.87 bits per heavy atom. The zero-order valence-electron chi connectivity index (χ0n) is 9.37. The summed E-state index contributed by atoms with van der Waals surface area (Å²) in [5.74, 6) is 1.29. The van der Waals surface area contributed by atoms with Gasteiger partial charge in [-0.1, -0.05) is 12.8 Å². The molecule has 88 valence electrons. The summed E-state index contributed by atoms with van der Waals surface area (Å²) in [4.78, 5) is 11.5. The smallest absolute Gasteiger partial charge is 0.221 e. The molecule has 0 aliphatic heterocycles. The van der Waals surface area contributed by atoms with Crippen LogP contribution in [-0.4, -0.2) is 35.7 Å². The number of aliphatic hydroxyl groups excluding tert-OH is 1. The summed E-state index contributed by atoms with van der Waals surface area (Å²) >= 11 is 1.69. The van der Waals surface area contributed by atoms with Crippen molar-refractivity contribution in [1.29, 1.82) is 0 Å². The lowest BCUT2D eigenvalue weighted by atomic mass is 9.85. The van der Waals surface area contributed by atoms with Gasteiger partial charge in [-0.05, 0) is 19.1 Å². The molecule has 2 N–H and O–H groups in total. The summed E-state index contributed by atoms with van der Waals surface area (Å²) < 4.78 is 0. The molecule has 15 heavy (non-hydrogen) atoms. The molecule has 1 aliphatic rings. The third-order valence-electron chi connectivity index (χ3n) is 3.02. The fraction of sp³-hybridized carbons (Fsp3) is 0.909. The summed E-state index contributed by atoms with van der Waals surface area (Å²) in [5, 5.41) is 12.2. The van der Waals surface area contributed by atoms with E-state index in [1.165, 1.54) is 12.8 Å². The van der Waals surface area contributed by atoms with E-state index >= 15 is 0 Å². The van der Waals surface area contributed by atoms with Crippen molar-refractivity contribution in [2.24, 2.45) is 5.92 Å². The largest absolute Gasteiger partial charge is 0.396 e. The van der Waals surface area contributed by atoms with Crippen LogP contribution in [-0.2, 0) is 4.79 Å². The molecule has 0 bridgehead atoms. The lowest BCUT2D eigenvalue weighted by molar-refractivity contribution is -0.122. The molecule has 1 saturated carbocycles. The molecule has 4 heteroatoms. The highest BCUT2D eigenvalue weighted by molar-refractivity contribution is 7.98. The molecule has 0 saturated heterocycles. The first kappa shape index (κ1) is 12.8. The molecule has 1 amide bonds. The van der Waals surface area contributed by atoms with Crippen molar-refractivity contribution in [2.45, 2.75) is 38.1 Å². The van der Waals surface area contributed by atoms with E-state index in [0.717, 1.165) is 18.6 Å². The normalized spacial score (nSPS) is 26.3. The minimum atomic E-state index is 0.134. The summed E-state index contributed by atoms with van der Waals surface area (Å²) in [7, 11) is 0. The molecule has 3 nitrogen and oxygen atoms in total. The van der Waals surface area contributed by atoms with Crippen molar-refractivity contribution in [3.8, 4) is 0 Å². The van der Waals surface area contributed by atoms with Crippen LogP contribution in [0.25, 0.3) is 0 Å². The molecule has 1 aliphatic carbocycles. The Morgan fingerprint density at radius 2 is 2.20 bits per heavy atom. The van der Waals surface area contributed by atoms with Gasteiger partial charge < -0.3 is 10.4 Å². The molecule has 0 aromatic carbocycles. The van der Waals surface area contributed by atoms with Crippen molar-refractivity contribution in [3.05, 3.63) is 0 Å². The lowest BCUT2D eigenvalue weighted by Gasteiger charge is -2.30. The van der Waals surface area contributed by atoms with E-state index < -0.39 is 0 Å². The highest BCUT2D eigenvalue weighted by Gasteiger charge is 2.25. The summed E-state index contributed by atoms with van der Waals surface area (Å²) in [6.45, 7) is 0.202. The van der Waals surface area contributed by atoms with Gasteiger partial charge in [-0.2, -0.15) is 11.8 Å². The Kier molecular flexibility index (Phi) is 6.10. The minimum absolute atomic E-state index is 0.134. The Hall–Kier alpha value is -0.220. The molecule has 2 atom stereocenters. The van der Waals surface area contributed by atoms with Crippen LogP contribution in [0.4, 0.5) is 0 Å². The highest BCUT2D eigenvalue weighted by atomic mass is 32.2. The first-order chi connectivity index (χ1) is 7.27.